The number of hydrogen-bond donors (Lipinski definition) is 2. The van der Waals surface area contributed by atoms with Gasteiger partial charge in [0.15, 0.2) is 0 Å². The van der Waals surface area contributed by atoms with Crippen LogP contribution in [0.4, 0.5) is 0 Å². The Morgan fingerprint density at radius 1 is 1.09 bits per heavy atom. The van der Waals surface area contributed by atoms with Crippen LogP contribution in [0.1, 0.15) is 77.0 Å². The van der Waals surface area contributed by atoms with Crippen molar-refractivity contribution in [3.8, 4) is 0 Å². The van der Waals surface area contributed by atoms with E-state index in [2.05, 4.69) is 10.2 Å². The molecular formula is C19H34N2O2. The van der Waals surface area contributed by atoms with Gasteiger partial charge in [-0.2, -0.15) is 0 Å². The van der Waals surface area contributed by atoms with Gasteiger partial charge in [0.05, 0.1) is 5.60 Å². The molecule has 0 aromatic carbocycles. The van der Waals surface area contributed by atoms with Crippen molar-refractivity contribution in [3.05, 3.63) is 0 Å². The summed E-state index contributed by atoms with van der Waals surface area (Å²) in [6.45, 7) is 3.17. The number of amides is 1. The van der Waals surface area contributed by atoms with Crippen molar-refractivity contribution in [1.82, 2.24) is 10.2 Å². The Hall–Kier alpha value is -0.610. The number of nitrogens with zero attached hydrogens (tertiary/aromatic N) is 1. The lowest BCUT2D eigenvalue weighted by Crippen LogP contribution is -2.48. The highest BCUT2D eigenvalue weighted by atomic mass is 16.3. The number of nitrogens with one attached hydrogen (secondary N) is 1. The molecule has 0 bridgehead atoms. The summed E-state index contributed by atoms with van der Waals surface area (Å²) in [6, 6.07) is 0.740. The van der Waals surface area contributed by atoms with Crippen LogP contribution in [0.2, 0.25) is 0 Å². The third-order valence-electron chi connectivity index (χ3n) is 6.42. The summed E-state index contributed by atoms with van der Waals surface area (Å²) < 4.78 is 0. The molecule has 1 aliphatic carbocycles. The molecule has 4 nitrogen and oxygen atoms in total. The lowest BCUT2D eigenvalue weighted by molar-refractivity contribution is -0.121. The van der Waals surface area contributed by atoms with E-state index in [0.29, 0.717) is 18.9 Å². The van der Waals surface area contributed by atoms with Gasteiger partial charge in [0.25, 0.3) is 0 Å². The lowest BCUT2D eigenvalue weighted by Gasteiger charge is -2.44. The van der Waals surface area contributed by atoms with E-state index in [4.69, 9.17) is 0 Å². The molecule has 2 heterocycles. The van der Waals surface area contributed by atoms with Gasteiger partial charge in [-0.15, -0.1) is 0 Å². The fourth-order valence-electron chi connectivity index (χ4n) is 5.04. The van der Waals surface area contributed by atoms with Gasteiger partial charge >= 0.3 is 0 Å². The van der Waals surface area contributed by atoms with Crippen LogP contribution in [0, 0.1) is 5.92 Å². The third-order valence-corrected chi connectivity index (χ3v) is 6.42. The van der Waals surface area contributed by atoms with Gasteiger partial charge in [0.2, 0.25) is 5.91 Å². The van der Waals surface area contributed by atoms with Crippen LogP contribution in [0.5, 0.6) is 0 Å². The Labute approximate surface area is 141 Å². The fraction of sp³-hybridized carbons (Fsp3) is 0.947. The van der Waals surface area contributed by atoms with E-state index in [0.717, 1.165) is 44.6 Å². The number of carbonyl (C=O) groups is 1. The monoisotopic (exact) mass is 322 g/mol. The molecule has 1 saturated carbocycles. The molecule has 3 rings (SSSR count). The smallest absolute Gasteiger partial charge is 0.220 e. The average molecular weight is 322 g/mol. The second-order valence-electron chi connectivity index (χ2n) is 8.07. The summed E-state index contributed by atoms with van der Waals surface area (Å²) in [4.78, 5) is 14.8. The van der Waals surface area contributed by atoms with E-state index in [1.807, 2.05) is 0 Å². The molecule has 132 valence electrons. The highest BCUT2D eigenvalue weighted by Gasteiger charge is 2.33. The summed E-state index contributed by atoms with van der Waals surface area (Å²) in [5.74, 6) is 0.897. The second kappa shape index (κ2) is 7.98. The standard InChI is InChI=1S/C19H34N2O2/c22-18(20-13-12-19(23)10-2-3-11-19)9-8-16-6-5-15-21-14-4-1-7-17(16)21/h16-17,23H,1-15H2,(H,20,22)/t16-,17+/m0/s1. The Kier molecular flexibility index (Phi) is 5.97. The molecule has 2 atom stereocenters. The highest BCUT2D eigenvalue weighted by molar-refractivity contribution is 5.75. The van der Waals surface area contributed by atoms with Crippen LogP contribution in [-0.2, 0) is 4.79 Å². The maximum atomic E-state index is 12.1. The van der Waals surface area contributed by atoms with Gasteiger partial charge in [-0.3, -0.25) is 4.79 Å². The van der Waals surface area contributed by atoms with E-state index in [1.54, 1.807) is 0 Å². The molecule has 0 spiro atoms. The number of rotatable bonds is 6. The predicted octanol–water partition coefficient (Wildman–Crippen LogP) is 2.84. The zero-order valence-corrected chi connectivity index (χ0v) is 14.6. The van der Waals surface area contributed by atoms with Crippen LogP contribution >= 0.6 is 0 Å². The zero-order valence-electron chi connectivity index (χ0n) is 14.6. The lowest BCUT2D eigenvalue weighted by atomic mass is 9.81. The van der Waals surface area contributed by atoms with Crippen LogP contribution in [0.3, 0.4) is 0 Å². The Morgan fingerprint density at radius 2 is 1.87 bits per heavy atom. The molecule has 0 unspecified atom stereocenters. The molecule has 2 saturated heterocycles. The minimum atomic E-state index is -0.501. The van der Waals surface area contributed by atoms with Crippen LogP contribution in [0.25, 0.3) is 0 Å². The summed E-state index contributed by atoms with van der Waals surface area (Å²) in [5.41, 5.74) is -0.501. The summed E-state index contributed by atoms with van der Waals surface area (Å²) in [6.07, 6.45) is 13.1. The summed E-state index contributed by atoms with van der Waals surface area (Å²) in [5, 5.41) is 13.3. The summed E-state index contributed by atoms with van der Waals surface area (Å²) in [7, 11) is 0. The first kappa shape index (κ1) is 17.2. The van der Waals surface area contributed by atoms with Crippen LogP contribution in [-0.4, -0.2) is 47.2 Å². The minimum Gasteiger partial charge on any atom is -0.390 e. The van der Waals surface area contributed by atoms with Crippen molar-refractivity contribution in [2.75, 3.05) is 19.6 Å². The van der Waals surface area contributed by atoms with Gasteiger partial charge in [0, 0.05) is 19.0 Å². The van der Waals surface area contributed by atoms with Gasteiger partial charge in [0.1, 0.15) is 0 Å². The van der Waals surface area contributed by atoms with Gasteiger partial charge in [-0.25, -0.2) is 0 Å². The first-order valence-corrected chi connectivity index (χ1v) is 9.89. The zero-order chi connectivity index (χ0) is 16.1. The molecule has 0 radical (unpaired) electrons. The number of carbonyl (C=O) groups excluding carboxylic acids is 1. The van der Waals surface area contributed by atoms with Gasteiger partial charge in [-0.1, -0.05) is 19.3 Å². The molecule has 3 fully saturated rings. The predicted molar refractivity (Wildman–Crippen MR) is 92.2 cm³/mol. The second-order valence-corrected chi connectivity index (χ2v) is 8.07. The van der Waals surface area contributed by atoms with Crippen molar-refractivity contribution >= 4 is 5.91 Å². The molecule has 2 N–H and O–H groups in total. The quantitative estimate of drug-likeness (QED) is 0.790. The van der Waals surface area contributed by atoms with E-state index >= 15 is 0 Å². The number of aliphatic hydroxyl groups is 1. The Balaban J connectivity index is 1.35. The van der Waals surface area contributed by atoms with E-state index in [1.165, 1.54) is 45.2 Å². The molecule has 3 aliphatic rings. The van der Waals surface area contributed by atoms with E-state index in [9.17, 15) is 9.90 Å². The Bertz CT molecular complexity index is 391. The maximum Gasteiger partial charge on any atom is 0.220 e. The van der Waals surface area contributed by atoms with Crippen molar-refractivity contribution < 1.29 is 9.90 Å². The van der Waals surface area contributed by atoms with Gasteiger partial charge in [-0.05, 0) is 70.4 Å². The SMILES string of the molecule is O=C(CC[C@@H]1CCCN2CCCC[C@H]12)NCCC1(O)CCCC1. The van der Waals surface area contributed by atoms with Crippen molar-refractivity contribution in [1.29, 1.82) is 0 Å². The molecule has 0 aromatic heterocycles. The van der Waals surface area contributed by atoms with E-state index < -0.39 is 5.60 Å². The highest BCUT2D eigenvalue weighted by Crippen LogP contribution is 2.34. The normalized spacial score (nSPS) is 30.8. The van der Waals surface area contributed by atoms with Crippen LogP contribution < -0.4 is 5.32 Å². The van der Waals surface area contributed by atoms with Gasteiger partial charge < -0.3 is 15.3 Å². The first-order chi connectivity index (χ1) is 11.2. The minimum absolute atomic E-state index is 0.180. The van der Waals surface area contributed by atoms with Crippen LogP contribution in [0.15, 0.2) is 0 Å². The fourth-order valence-corrected chi connectivity index (χ4v) is 5.04. The average Bonchev–Trinajstić information content (AvgIpc) is 2.99. The first-order valence-electron chi connectivity index (χ1n) is 9.89. The molecule has 2 aliphatic heterocycles. The molecule has 0 aromatic rings. The number of fused-ring (bicyclic) bond motifs is 1. The number of piperidine rings is 2. The maximum absolute atomic E-state index is 12.1. The molecule has 1 amide bonds. The largest absolute Gasteiger partial charge is 0.390 e. The van der Waals surface area contributed by atoms with Crippen molar-refractivity contribution in [3.63, 3.8) is 0 Å². The van der Waals surface area contributed by atoms with Crippen molar-refractivity contribution in [2.24, 2.45) is 5.92 Å². The Morgan fingerprint density at radius 3 is 2.70 bits per heavy atom. The van der Waals surface area contributed by atoms with E-state index in [-0.39, 0.29) is 5.91 Å². The molecule has 23 heavy (non-hydrogen) atoms. The number of hydrogen-bond acceptors (Lipinski definition) is 3. The topological polar surface area (TPSA) is 52.6 Å². The molecule has 4 heteroatoms. The molecular weight excluding hydrogens is 288 g/mol. The van der Waals surface area contributed by atoms with Crippen molar-refractivity contribution in [2.45, 2.75) is 88.7 Å². The summed E-state index contributed by atoms with van der Waals surface area (Å²) >= 11 is 0. The third kappa shape index (κ3) is 4.69.